The van der Waals surface area contributed by atoms with E-state index in [4.69, 9.17) is 0 Å². The second kappa shape index (κ2) is 12.1. The molecule has 1 fully saturated rings. The van der Waals surface area contributed by atoms with Crippen molar-refractivity contribution < 1.29 is 40.7 Å². The lowest BCUT2D eigenvalue weighted by molar-refractivity contribution is -0.138. The van der Waals surface area contributed by atoms with E-state index in [0.717, 1.165) is 62.5 Å². The molecule has 1 N–H and O–H groups in total. The molecule has 1 aromatic heterocycles. The molecule has 3 heterocycles. The molecule has 3 aromatic carbocycles. The van der Waals surface area contributed by atoms with Gasteiger partial charge in [0.1, 0.15) is 11.8 Å². The van der Waals surface area contributed by atoms with Crippen LogP contribution in [0.4, 0.5) is 43.4 Å². The lowest BCUT2D eigenvalue weighted by Gasteiger charge is -2.31. The fraction of sp³-hybridized carbons (Fsp3) is 0.250. The van der Waals surface area contributed by atoms with E-state index >= 15 is 0 Å². The zero-order valence-corrected chi connectivity index (χ0v) is 26.6. The predicted molar refractivity (Wildman–Crippen MR) is 168 cm³/mol. The van der Waals surface area contributed by atoms with E-state index in [1.807, 2.05) is 19.0 Å². The Balaban J connectivity index is 1.41. The first-order valence-corrected chi connectivity index (χ1v) is 15.9. The summed E-state index contributed by atoms with van der Waals surface area (Å²) in [6.07, 6.45) is -9.50. The summed E-state index contributed by atoms with van der Waals surface area (Å²) >= 11 is 1.55. The van der Waals surface area contributed by atoms with Crippen LogP contribution in [0.1, 0.15) is 27.5 Å². The highest BCUT2D eigenvalue weighted by Crippen LogP contribution is 2.54. The van der Waals surface area contributed by atoms with E-state index in [1.165, 1.54) is 18.2 Å². The van der Waals surface area contributed by atoms with E-state index < -0.39 is 75.4 Å². The van der Waals surface area contributed by atoms with Crippen LogP contribution in [0.3, 0.4) is 0 Å². The largest absolute Gasteiger partial charge is 0.418 e. The van der Waals surface area contributed by atoms with Gasteiger partial charge in [-0.05, 0) is 48.0 Å². The monoisotopic (exact) mass is 706 g/mol. The summed E-state index contributed by atoms with van der Waals surface area (Å²) in [7, 11) is 3.63. The molecule has 48 heavy (non-hydrogen) atoms. The number of carbonyl (C=O) groups excluding carboxylic acids is 3. The number of imide groups is 1. The van der Waals surface area contributed by atoms with Gasteiger partial charge in [0.15, 0.2) is 0 Å². The van der Waals surface area contributed by atoms with Gasteiger partial charge >= 0.3 is 17.2 Å². The van der Waals surface area contributed by atoms with E-state index in [2.05, 4.69) is 5.32 Å². The number of carbonyl (C=O) groups is 3. The molecule has 250 valence electrons. The van der Waals surface area contributed by atoms with Crippen molar-refractivity contribution in [2.45, 2.75) is 35.1 Å². The van der Waals surface area contributed by atoms with Crippen LogP contribution in [-0.2, 0) is 33.3 Å². The molecule has 3 atom stereocenters. The number of rotatable bonds is 6. The van der Waals surface area contributed by atoms with Crippen LogP contribution in [0.2, 0.25) is 0 Å². The lowest BCUT2D eigenvalue weighted by Crippen LogP contribution is -2.33. The third-order valence-corrected chi connectivity index (χ3v) is 10.7. The van der Waals surface area contributed by atoms with Crippen molar-refractivity contribution >= 4 is 57.9 Å². The van der Waals surface area contributed by atoms with Crippen molar-refractivity contribution in [3.05, 3.63) is 104 Å². The van der Waals surface area contributed by atoms with E-state index in [0.29, 0.717) is 16.5 Å². The Kier molecular flexibility index (Phi) is 8.44. The summed E-state index contributed by atoms with van der Waals surface area (Å²) in [5.74, 6) is -4.51. The number of para-hydroxylation sites is 1. The number of aromatic nitrogens is 1. The highest BCUT2D eigenvalue weighted by molar-refractivity contribution is 8.00. The molecule has 2 aliphatic heterocycles. The molecule has 0 radical (unpaired) electrons. The van der Waals surface area contributed by atoms with Gasteiger partial charge in [-0.1, -0.05) is 53.4 Å². The van der Waals surface area contributed by atoms with Crippen LogP contribution in [0.15, 0.2) is 82.6 Å². The van der Waals surface area contributed by atoms with E-state index in [-0.39, 0.29) is 10.7 Å². The fourth-order valence-corrected chi connectivity index (χ4v) is 8.62. The second-order valence-electron chi connectivity index (χ2n) is 11.3. The van der Waals surface area contributed by atoms with Crippen LogP contribution in [0, 0.1) is 5.92 Å². The molecule has 2 aliphatic rings. The van der Waals surface area contributed by atoms with E-state index in [9.17, 15) is 45.5 Å². The first-order valence-electron chi connectivity index (χ1n) is 14.2. The van der Waals surface area contributed by atoms with E-state index in [1.54, 1.807) is 24.3 Å². The third kappa shape index (κ3) is 5.98. The van der Waals surface area contributed by atoms with Crippen molar-refractivity contribution in [3.63, 3.8) is 0 Å². The molecular weight excluding hydrogens is 682 g/mol. The summed E-state index contributed by atoms with van der Waals surface area (Å²) in [5.41, 5.74) is -1.55. The number of hydrogen-bond acceptors (Lipinski definition) is 7. The fourth-order valence-electron chi connectivity index (χ4n) is 5.84. The number of benzene rings is 3. The number of thioether (sulfide) groups is 1. The maximum Gasteiger partial charge on any atom is 0.418 e. The number of halogens is 6. The zero-order valence-electron chi connectivity index (χ0n) is 24.9. The molecule has 3 amide bonds. The molecule has 0 spiro atoms. The van der Waals surface area contributed by atoms with Gasteiger partial charge in [0.25, 0.3) is 0 Å². The topological polar surface area (TPSA) is 91.7 Å². The number of fused-ring (bicyclic) bond motifs is 2. The summed E-state index contributed by atoms with van der Waals surface area (Å²) < 4.78 is 82.3. The lowest BCUT2D eigenvalue weighted by atomic mass is 9.83. The normalized spacial score (nSPS) is 19.2. The van der Waals surface area contributed by atoms with Crippen LogP contribution >= 0.6 is 23.1 Å². The van der Waals surface area contributed by atoms with Gasteiger partial charge in [-0.15, -0.1) is 0 Å². The minimum atomic E-state index is -4.76. The van der Waals surface area contributed by atoms with Crippen LogP contribution < -0.4 is 20.0 Å². The number of thiazole rings is 1. The number of amides is 3. The van der Waals surface area contributed by atoms with Gasteiger partial charge in [-0.25, -0.2) is 4.90 Å². The Labute approximate surface area is 277 Å². The Morgan fingerprint density at radius 1 is 0.875 bits per heavy atom. The quantitative estimate of drug-likeness (QED) is 0.183. The molecule has 0 saturated carbocycles. The predicted octanol–water partition coefficient (Wildman–Crippen LogP) is 6.45. The SMILES string of the molecule is CN(C)c1ccc([C@@H]2c3sc(=O)n(CC(=O)Nc4ccccc4C(F)(F)F)c3S[C@H]3C(=O)N(c4cccc(C(F)(F)F)c4)C(=O)[C@@H]23)cc1. The van der Waals surface area contributed by atoms with Crippen LogP contribution in [-0.4, -0.2) is 41.6 Å². The second-order valence-corrected chi connectivity index (χ2v) is 13.4. The smallest absolute Gasteiger partial charge is 0.378 e. The maximum absolute atomic E-state index is 14.0. The molecule has 6 rings (SSSR count). The van der Waals surface area contributed by atoms with Gasteiger partial charge in [-0.2, -0.15) is 26.3 Å². The Bertz CT molecular complexity index is 1990. The average Bonchev–Trinajstić information content (AvgIpc) is 3.46. The molecule has 0 unspecified atom stereocenters. The number of nitrogens with zero attached hydrogens (tertiary/aromatic N) is 3. The first kappa shape index (κ1) is 33.3. The summed E-state index contributed by atoms with van der Waals surface area (Å²) in [4.78, 5) is 56.6. The van der Waals surface area contributed by atoms with Gasteiger partial charge in [-0.3, -0.25) is 23.7 Å². The number of alkyl halides is 6. The van der Waals surface area contributed by atoms with Crippen LogP contribution in [0.25, 0.3) is 0 Å². The number of nitrogens with one attached hydrogen (secondary N) is 1. The maximum atomic E-state index is 14.0. The third-order valence-electron chi connectivity index (χ3n) is 8.06. The molecule has 8 nitrogen and oxygen atoms in total. The van der Waals surface area contributed by atoms with Crippen molar-refractivity contribution in [2.24, 2.45) is 5.92 Å². The van der Waals surface area contributed by atoms with Crippen molar-refractivity contribution in [2.75, 3.05) is 29.2 Å². The minimum Gasteiger partial charge on any atom is -0.378 e. The Morgan fingerprint density at radius 2 is 1.56 bits per heavy atom. The van der Waals surface area contributed by atoms with Gasteiger partial charge in [0, 0.05) is 30.6 Å². The molecule has 1 saturated heterocycles. The summed E-state index contributed by atoms with van der Waals surface area (Å²) in [6.45, 7) is -0.701. The first-order chi connectivity index (χ1) is 22.6. The van der Waals surface area contributed by atoms with Crippen molar-refractivity contribution in [1.82, 2.24) is 4.57 Å². The Hall–Kier alpha value is -4.57. The van der Waals surface area contributed by atoms with Crippen molar-refractivity contribution in [3.8, 4) is 0 Å². The molecule has 16 heteroatoms. The molecule has 0 bridgehead atoms. The van der Waals surface area contributed by atoms with Gasteiger partial charge in [0.05, 0.1) is 33.4 Å². The molecule has 0 aliphatic carbocycles. The minimum absolute atomic E-state index is 0.166. The summed E-state index contributed by atoms with van der Waals surface area (Å²) in [5, 5.41) is 1.19. The van der Waals surface area contributed by atoms with Crippen LogP contribution in [0.5, 0.6) is 0 Å². The standard InChI is InChI=1S/C32H24F6N4O4S2/c1-40(2)18-12-10-16(11-13-18)23-24-25(28(45)42(27(24)44)19-7-5-6-17(14-19)31(33,34)35)47-29-26(23)48-30(46)41(29)15-22(43)39-21-9-4-3-8-20(21)32(36,37)38/h3-14,23-25H,15H2,1-2H3,(H,39,43)/t23-,24-,25+/m0/s1. The van der Waals surface area contributed by atoms with Gasteiger partial charge < -0.3 is 10.2 Å². The summed E-state index contributed by atoms with van der Waals surface area (Å²) in [6, 6.07) is 15.2. The average molecular weight is 707 g/mol. The number of hydrogen-bond donors (Lipinski definition) is 1. The zero-order chi connectivity index (χ0) is 34.7. The van der Waals surface area contributed by atoms with Crippen molar-refractivity contribution in [1.29, 1.82) is 0 Å². The Morgan fingerprint density at radius 3 is 2.21 bits per heavy atom. The van der Waals surface area contributed by atoms with Gasteiger partial charge in [0.2, 0.25) is 17.7 Å². The number of anilines is 3. The molecule has 4 aromatic rings. The highest BCUT2D eigenvalue weighted by atomic mass is 32.2. The molecular formula is C32H24F6N4O4S2. The highest BCUT2D eigenvalue weighted by Gasteiger charge is 2.57.